The quantitative estimate of drug-likeness (QED) is 0.750. The Kier molecular flexibility index (Phi) is 6.01. The van der Waals surface area contributed by atoms with E-state index in [0.29, 0.717) is 5.56 Å². The monoisotopic (exact) mass is 434 g/mol. The number of carbonyl (C=O) groups excluding carboxylic acids is 3. The third-order valence-electron chi connectivity index (χ3n) is 4.73. The topological polar surface area (TPSA) is 84.3 Å². The molecular formula is C21H21F3N4O3. The van der Waals surface area contributed by atoms with Gasteiger partial charge in [-0.2, -0.15) is 13.2 Å². The van der Waals surface area contributed by atoms with Gasteiger partial charge in [-0.25, -0.2) is 4.98 Å². The lowest BCUT2D eigenvalue weighted by Crippen LogP contribution is -2.51. The number of alkyl halides is 3. The Balaban J connectivity index is 2.16. The van der Waals surface area contributed by atoms with Crippen LogP contribution >= 0.6 is 0 Å². The van der Waals surface area contributed by atoms with Gasteiger partial charge >= 0.3 is 6.18 Å². The Morgan fingerprint density at radius 3 is 2.42 bits per heavy atom. The minimum Gasteiger partial charge on any atom is -0.320 e. The summed E-state index contributed by atoms with van der Waals surface area (Å²) in [7, 11) is 0. The lowest BCUT2D eigenvalue weighted by atomic mass is 10.1. The van der Waals surface area contributed by atoms with Gasteiger partial charge in [-0.05, 0) is 17.6 Å². The number of hydrogen-bond donors (Lipinski definition) is 1. The first-order valence-corrected chi connectivity index (χ1v) is 9.54. The SMILES string of the molecule is CC(=O)N1CC(=O)N/C(=C\c2nc(C(F)(F)F)n(Cc3ccccc3)c2C(C)C)C1=O. The molecule has 2 heterocycles. The Morgan fingerprint density at radius 2 is 1.87 bits per heavy atom. The van der Waals surface area contributed by atoms with E-state index < -0.39 is 36.3 Å². The third-order valence-corrected chi connectivity index (χ3v) is 4.73. The van der Waals surface area contributed by atoms with Crippen LogP contribution in [0.1, 0.15) is 49.5 Å². The molecule has 10 heteroatoms. The summed E-state index contributed by atoms with van der Waals surface area (Å²) < 4.78 is 42.5. The molecule has 7 nitrogen and oxygen atoms in total. The smallest absolute Gasteiger partial charge is 0.320 e. The maximum Gasteiger partial charge on any atom is 0.449 e. The van der Waals surface area contributed by atoms with Crippen LogP contribution in [-0.2, 0) is 27.1 Å². The summed E-state index contributed by atoms with van der Waals surface area (Å²) in [6.45, 7) is 4.04. The van der Waals surface area contributed by atoms with Gasteiger partial charge in [0, 0.05) is 19.2 Å². The number of imidazole rings is 1. The average molecular weight is 434 g/mol. The molecule has 2 aromatic rings. The molecule has 3 amide bonds. The summed E-state index contributed by atoms with van der Waals surface area (Å²) in [5.41, 5.74) is 0.515. The molecule has 0 bridgehead atoms. The zero-order valence-corrected chi connectivity index (χ0v) is 17.2. The molecule has 1 aromatic heterocycles. The highest BCUT2D eigenvalue weighted by Gasteiger charge is 2.39. The Bertz CT molecular complexity index is 1060. The average Bonchev–Trinajstić information content (AvgIpc) is 3.03. The molecule has 0 unspecified atom stereocenters. The highest BCUT2D eigenvalue weighted by molar-refractivity contribution is 6.12. The van der Waals surface area contributed by atoms with Crippen molar-refractivity contribution < 1.29 is 27.6 Å². The van der Waals surface area contributed by atoms with Gasteiger partial charge in [0.2, 0.25) is 17.6 Å². The summed E-state index contributed by atoms with van der Waals surface area (Å²) in [5.74, 6) is -3.54. The van der Waals surface area contributed by atoms with Crippen molar-refractivity contribution in [1.82, 2.24) is 19.8 Å². The first kappa shape index (κ1) is 22.3. The zero-order chi connectivity index (χ0) is 22.9. The highest BCUT2D eigenvalue weighted by atomic mass is 19.4. The third kappa shape index (κ3) is 4.68. The number of carbonyl (C=O) groups is 3. The van der Waals surface area contributed by atoms with Crippen LogP contribution in [0.4, 0.5) is 13.2 Å². The Labute approximate surface area is 176 Å². The lowest BCUT2D eigenvalue weighted by molar-refractivity contribution is -0.147. The van der Waals surface area contributed by atoms with E-state index in [4.69, 9.17) is 0 Å². The number of imide groups is 1. The van der Waals surface area contributed by atoms with E-state index in [0.717, 1.165) is 22.5 Å². The fourth-order valence-electron chi connectivity index (χ4n) is 3.43. The largest absolute Gasteiger partial charge is 0.449 e. The predicted octanol–water partition coefficient (Wildman–Crippen LogP) is 2.92. The zero-order valence-electron chi connectivity index (χ0n) is 17.2. The van der Waals surface area contributed by atoms with Gasteiger partial charge in [-0.3, -0.25) is 19.3 Å². The minimum atomic E-state index is -4.74. The molecule has 31 heavy (non-hydrogen) atoms. The maximum atomic E-state index is 13.8. The number of aromatic nitrogens is 2. The minimum absolute atomic E-state index is 0.0702. The molecule has 0 atom stereocenters. The number of rotatable bonds is 4. The fourth-order valence-corrected chi connectivity index (χ4v) is 3.43. The molecular weight excluding hydrogens is 413 g/mol. The molecule has 0 radical (unpaired) electrons. The lowest BCUT2D eigenvalue weighted by Gasteiger charge is -2.25. The Hall–Kier alpha value is -3.43. The summed E-state index contributed by atoms with van der Waals surface area (Å²) in [4.78, 5) is 40.6. The molecule has 164 valence electrons. The molecule has 0 aliphatic carbocycles. The van der Waals surface area contributed by atoms with Crippen LogP contribution in [0.15, 0.2) is 36.0 Å². The van der Waals surface area contributed by atoms with Crippen LogP contribution in [0.5, 0.6) is 0 Å². The van der Waals surface area contributed by atoms with E-state index in [1.165, 1.54) is 0 Å². The van der Waals surface area contributed by atoms with Crippen molar-refractivity contribution in [2.24, 2.45) is 0 Å². The van der Waals surface area contributed by atoms with Gasteiger partial charge in [0.1, 0.15) is 12.2 Å². The first-order chi connectivity index (χ1) is 14.5. The van der Waals surface area contributed by atoms with E-state index in [1.807, 2.05) is 0 Å². The van der Waals surface area contributed by atoms with Crippen LogP contribution in [0.2, 0.25) is 0 Å². The number of hydrogen-bond acceptors (Lipinski definition) is 4. The molecule has 1 aliphatic rings. The number of nitrogens with zero attached hydrogens (tertiary/aromatic N) is 3. The number of piperazine rings is 1. The van der Waals surface area contributed by atoms with Crippen LogP contribution in [0.3, 0.4) is 0 Å². The van der Waals surface area contributed by atoms with E-state index >= 15 is 0 Å². The van der Waals surface area contributed by atoms with Crippen LogP contribution in [0.25, 0.3) is 6.08 Å². The van der Waals surface area contributed by atoms with Crippen molar-refractivity contribution in [2.45, 2.75) is 39.4 Å². The summed E-state index contributed by atoms with van der Waals surface area (Å²) in [5, 5.41) is 2.33. The van der Waals surface area contributed by atoms with E-state index in [9.17, 15) is 27.6 Å². The van der Waals surface area contributed by atoms with E-state index in [2.05, 4.69) is 10.3 Å². The standard InChI is InChI=1S/C21H21F3N4O3/c1-12(2)18-15(9-16-19(31)27(13(3)29)11-17(30)25-16)26-20(21(22,23)24)28(18)10-14-7-5-4-6-8-14/h4-9,12H,10-11H2,1-3H3,(H,25,30)/b16-9-. The summed E-state index contributed by atoms with van der Waals surface area (Å²) >= 11 is 0. The molecule has 3 rings (SSSR count). The number of amides is 3. The first-order valence-electron chi connectivity index (χ1n) is 9.54. The second-order valence-corrected chi connectivity index (χ2v) is 7.45. The maximum absolute atomic E-state index is 13.8. The van der Waals surface area contributed by atoms with Gasteiger partial charge in [0.15, 0.2) is 0 Å². The highest BCUT2D eigenvalue weighted by Crippen LogP contribution is 2.34. The number of nitrogens with one attached hydrogen (secondary N) is 1. The van der Waals surface area contributed by atoms with Crippen molar-refractivity contribution in [3.8, 4) is 0 Å². The molecule has 1 saturated heterocycles. The summed E-state index contributed by atoms with van der Waals surface area (Å²) in [6.07, 6.45) is -3.64. The molecule has 1 fully saturated rings. The molecule has 0 spiro atoms. The van der Waals surface area contributed by atoms with Crippen LogP contribution in [0, 0.1) is 0 Å². The molecule has 1 aliphatic heterocycles. The fraction of sp³-hybridized carbons (Fsp3) is 0.333. The number of benzene rings is 1. The van der Waals surface area contributed by atoms with Gasteiger partial charge < -0.3 is 9.88 Å². The van der Waals surface area contributed by atoms with Crippen molar-refractivity contribution in [2.75, 3.05) is 6.54 Å². The summed E-state index contributed by atoms with van der Waals surface area (Å²) in [6, 6.07) is 8.63. The van der Waals surface area contributed by atoms with Gasteiger partial charge in [-0.15, -0.1) is 0 Å². The van der Waals surface area contributed by atoms with Crippen molar-refractivity contribution >= 4 is 23.8 Å². The van der Waals surface area contributed by atoms with Gasteiger partial charge in [-0.1, -0.05) is 44.2 Å². The number of halogens is 3. The van der Waals surface area contributed by atoms with Crippen LogP contribution < -0.4 is 5.32 Å². The molecule has 0 saturated carbocycles. The van der Waals surface area contributed by atoms with Crippen LogP contribution in [-0.4, -0.2) is 38.7 Å². The van der Waals surface area contributed by atoms with Crippen molar-refractivity contribution in [3.05, 3.63) is 58.8 Å². The normalized spacial score (nSPS) is 16.2. The second kappa shape index (κ2) is 8.37. The molecule has 1 aromatic carbocycles. The van der Waals surface area contributed by atoms with Crippen molar-refractivity contribution in [3.63, 3.8) is 0 Å². The van der Waals surface area contributed by atoms with E-state index in [1.54, 1.807) is 44.2 Å². The van der Waals surface area contributed by atoms with Crippen molar-refractivity contribution in [1.29, 1.82) is 0 Å². The Morgan fingerprint density at radius 1 is 1.23 bits per heavy atom. The van der Waals surface area contributed by atoms with Gasteiger partial charge in [0.25, 0.3) is 5.91 Å². The molecule has 1 N–H and O–H groups in total. The van der Waals surface area contributed by atoms with E-state index in [-0.39, 0.29) is 29.5 Å². The predicted molar refractivity (Wildman–Crippen MR) is 105 cm³/mol. The second-order valence-electron chi connectivity index (χ2n) is 7.45. The van der Waals surface area contributed by atoms with Gasteiger partial charge in [0.05, 0.1) is 5.69 Å².